The van der Waals surface area contributed by atoms with Crippen molar-refractivity contribution in [3.05, 3.63) is 28.8 Å². The largest absolute Gasteiger partial charge is 1.00 e. The zero-order chi connectivity index (χ0) is 14.4. The van der Waals surface area contributed by atoms with Gasteiger partial charge in [-0.3, -0.25) is 4.79 Å². The molecule has 1 aromatic rings. The normalized spacial score (nSPS) is 11.9. The van der Waals surface area contributed by atoms with Crippen LogP contribution in [0.4, 0.5) is 5.69 Å². The second kappa shape index (κ2) is 9.22. The summed E-state index contributed by atoms with van der Waals surface area (Å²) in [4.78, 5) is 13.5. The van der Waals surface area contributed by atoms with Gasteiger partial charge in [-0.2, -0.15) is 0 Å². The Kier molecular flexibility index (Phi) is 8.86. The molecule has 1 atom stereocenters. The van der Waals surface area contributed by atoms with Crippen molar-refractivity contribution in [2.75, 3.05) is 18.4 Å². The molecule has 0 heterocycles. The van der Waals surface area contributed by atoms with Crippen LogP contribution in [0.25, 0.3) is 0 Å². The van der Waals surface area contributed by atoms with Gasteiger partial charge in [-0.15, -0.1) is 0 Å². The summed E-state index contributed by atoms with van der Waals surface area (Å²) >= 11 is 6.11. The molecule has 0 radical (unpaired) electrons. The fraction of sp³-hybridized carbons (Fsp3) is 0.533. The van der Waals surface area contributed by atoms with Crippen molar-refractivity contribution in [1.82, 2.24) is 0 Å². The third kappa shape index (κ3) is 5.31. The molecule has 0 saturated carbocycles. The Balaban J connectivity index is 0.00000361. The van der Waals surface area contributed by atoms with Crippen LogP contribution in [-0.4, -0.2) is 25.0 Å². The van der Waals surface area contributed by atoms with Crippen molar-refractivity contribution < 1.29 is 22.1 Å². The third-order valence-electron chi connectivity index (χ3n) is 3.58. The SMILES string of the molecule is CC[NH+](CC)C(C)CC(=O)Nc1c(C)cccc1Cl.[Cl-]. The van der Waals surface area contributed by atoms with Gasteiger partial charge in [-0.05, 0) is 39.3 Å². The molecule has 114 valence electrons. The standard InChI is InChI=1S/C15H23ClN2O.ClH/c1-5-18(6-2)12(4)10-14(19)17-15-11(3)8-7-9-13(15)16;/h7-9,12H,5-6,10H2,1-4H3,(H,17,19);1H. The summed E-state index contributed by atoms with van der Waals surface area (Å²) in [6, 6.07) is 5.94. The van der Waals surface area contributed by atoms with Gasteiger partial charge in [0.1, 0.15) is 0 Å². The molecular formula is C15H24Cl2N2O. The monoisotopic (exact) mass is 318 g/mol. The van der Waals surface area contributed by atoms with Crippen LogP contribution < -0.4 is 22.6 Å². The Labute approximate surface area is 133 Å². The van der Waals surface area contributed by atoms with E-state index in [0.29, 0.717) is 17.5 Å². The van der Waals surface area contributed by atoms with Crippen LogP contribution in [-0.2, 0) is 4.79 Å². The first kappa shape index (κ1) is 19.2. The van der Waals surface area contributed by atoms with Crippen molar-refractivity contribution in [2.45, 2.75) is 40.2 Å². The number of hydrogen-bond acceptors (Lipinski definition) is 1. The number of quaternary nitrogens is 1. The number of hydrogen-bond donors (Lipinski definition) is 2. The predicted octanol–water partition coefficient (Wildman–Crippen LogP) is -0.706. The highest BCUT2D eigenvalue weighted by atomic mass is 35.5. The Morgan fingerprint density at radius 1 is 1.35 bits per heavy atom. The maximum absolute atomic E-state index is 12.1. The Bertz CT molecular complexity index is 414. The molecule has 0 aromatic heterocycles. The number of benzene rings is 1. The fourth-order valence-corrected chi connectivity index (χ4v) is 2.62. The minimum atomic E-state index is 0. The second-order valence-electron chi connectivity index (χ2n) is 4.95. The molecule has 0 aliphatic carbocycles. The number of para-hydroxylation sites is 1. The number of amides is 1. The van der Waals surface area contributed by atoms with E-state index in [4.69, 9.17) is 11.6 Å². The van der Waals surface area contributed by atoms with Gasteiger partial charge in [-0.1, -0.05) is 23.7 Å². The maximum Gasteiger partial charge on any atom is 0.230 e. The Morgan fingerprint density at radius 3 is 2.45 bits per heavy atom. The van der Waals surface area contributed by atoms with E-state index < -0.39 is 0 Å². The summed E-state index contributed by atoms with van der Waals surface area (Å²) in [5, 5.41) is 3.52. The van der Waals surface area contributed by atoms with Gasteiger partial charge in [0.2, 0.25) is 5.91 Å². The minimum Gasteiger partial charge on any atom is -1.00 e. The molecule has 1 aromatic carbocycles. The van der Waals surface area contributed by atoms with Crippen LogP contribution in [0.15, 0.2) is 18.2 Å². The molecule has 0 aliphatic rings. The topological polar surface area (TPSA) is 33.5 Å². The van der Waals surface area contributed by atoms with Crippen molar-refractivity contribution in [3.8, 4) is 0 Å². The number of nitrogens with one attached hydrogen (secondary N) is 2. The highest BCUT2D eigenvalue weighted by Gasteiger charge is 2.18. The summed E-state index contributed by atoms with van der Waals surface area (Å²) in [5.74, 6) is 0.0306. The first-order chi connectivity index (χ1) is 8.99. The van der Waals surface area contributed by atoms with Crippen molar-refractivity contribution in [2.24, 2.45) is 0 Å². The van der Waals surface area contributed by atoms with Crippen molar-refractivity contribution >= 4 is 23.2 Å². The molecule has 1 rings (SSSR count). The first-order valence-corrected chi connectivity index (χ1v) is 7.26. The summed E-state index contributed by atoms with van der Waals surface area (Å²) in [6.45, 7) is 10.4. The van der Waals surface area contributed by atoms with E-state index in [-0.39, 0.29) is 18.3 Å². The zero-order valence-corrected chi connectivity index (χ0v) is 14.1. The van der Waals surface area contributed by atoms with Gasteiger partial charge >= 0.3 is 0 Å². The van der Waals surface area contributed by atoms with Gasteiger partial charge in [0.15, 0.2) is 0 Å². The van der Waals surface area contributed by atoms with Crippen molar-refractivity contribution in [3.63, 3.8) is 0 Å². The molecule has 20 heavy (non-hydrogen) atoms. The summed E-state index contributed by atoms with van der Waals surface area (Å²) in [6.07, 6.45) is 0.516. The zero-order valence-electron chi connectivity index (χ0n) is 12.6. The van der Waals surface area contributed by atoms with E-state index in [1.807, 2.05) is 19.1 Å². The van der Waals surface area contributed by atoms with Crippen molar-refractivity contribution in [1.29, 1.82) is 0 Å². The van der Waals surface area contributed by atoms with Gasteiger partial charge in [-0.25, -0.2) is 0 Å². The van der Waals surface area contributed by atoms with Gasteiger partial charge < -0.3 is 22.6 Å². The van der Waals surface area contributed by atoms with Crippen LogP contribution in [0.5, 0.6) is 0 Å². The summed E-state index contributed by atoms with van der Waals surface area (Å²) in [5.41, 5.74) is 1.72. The number of anilines is 1. The van der Waals surface area contributed by atoms with Crippen LogP contribution in [0, 0.1) is 6.92 Å². The van der Waals surface area contributed by atoms with Crippen LogP contribution in [0.3, 0.4) is 0 Å². The molecule has 0 aliphatic heterocycles. The van der Waals surface area contributed by atoms with Gasteiger partial charge in [0.05, 0.1) is 36.3 Å². The molecule has 1 amide bonds. The number of carbonyl (C=O) groups excluding carboxylic acids is 1. The number of rotatable bonds is 6. The average molecular weight is 319 g/mol. The molecule has 3 nitrogen and oxygen atoms in total. The lowest BCUT2D eigenvalue weighted by atomic mass is 10.1. The van der Waals surface area contributed by atoms with E-state index in [1.54, 1.807) is 6.07 Å². The smallest absolute Gasteiger partial charge is 0.230 e. The summed E-state index contributed by atoms with van der Waals surface area (Å²) < 4.78 is 0. The first-order valence-electron chi connectivity index (χ1n) is 6.89. The number of halogens is 2. The highest BCUT2D eigenvalue weighted by Crippen LogP contribution is 2.25. The lowest BCUT2D eigenvalue weighted by Crippen LogP contribution is -3.14. The Hall–Kier alpha value is -0.770. The van der Waals surface area contributed by atoms with E-state index in [0.717, 1.165) is 24.3 Å². The molecule has 5 heteroatoms. The molecule has 0 spiro atoms. The molecule has 2 N–H and O–H groups in total. The quantitative estimate of drug-likeness (QED) is 0.714. The highest BCUT2D eigenvalue weighted by molar-refractivity contribution is 6.33. The third-order valence-corrected chi connectivity index (χ3v) is 3.90. The molecule has 0 fully saturated rings. The predicted molar refractivity (Wildman–Crippen MR) is 80.9 cm³/mol. The molecule has 0 bridgehead atoms. The van der Waals surface area contributed by atoms with E-state index >= 15 is 0 Å². The van der Waals surface area contributed by atoms with E-state index in [9.17, 15) is 4.79 Å². The number of carbonyl (C=O) groups is 1. The van der Waals surface area contributed by atoms with Crippen LogP contribution in [0.2, 0.25) is 5.02 Å². The second-order valence-corrected chi connectivity index (χ2v) is 5.36. The number of aryl methyl sites for hydroxylation is 1. The fourth-order valence-electron chi connectivity index (χ4n) is 2.35. The van der Waals surface area contributed by atoms with E-state index in [1.165, 1.54) is 4.90 Å². The Morgan fingerprint density at radius 2 is 1.95 bits per heavy atom. The average Bonchev–Trinajstić information content (AvgIpc) is 2.35. The van der Waals surface area contributed by atoms with Crippen LogP contribution >= 0.6 is 11.6 Å². The maximum atomic E-state index is 12.1. The minimum absolute atomic E-state index is 0. The van der Waals surface area contributed by atoms with Gasteiger partial charge in [0, 0.05) is 0 Å². The van der Waals surface area contributed by atoms with Gasteiger partial charge in [0.25, 0.3) is 0 Å². The molecule has 0 saturated heterocycles. The summed E-state index contributed by atoms with van der Waals surface area (Å²) in [7, 11) is 0. The molecule has 1 unspecified atom stereocenters. The lowest BCUT2D eigenvalue weighted by Gasteiger charge is -2.23. The molecular weight excluding hydrogens is 295 g/mol. The van der Waals surface area contributed by atoms with Crippen LogP contribution in [0.1, 0.15) is 32.8 Å². The van der Waals surface area contributed by atoms with E-state index in [2.05, 4.69) is 26.1 Å². The lowest BCUT2D eigenvalue weighted by molar-refractivity contribution is -0.919.